The van der Waals surface area contributed by atoms with Crippen molar-refractivity contribution in [2.45, 2.75) is 19.4 Å². The molecule has 1 aromatic carbocycles. The van der Waals surface area contributed by atoms with Gasteiger partial charge in [0.05, 0.1) is 18.7 Å². The molecule has 0 spiro atoms. The molecule has 2 unspecified atom stereocenters. The molecule has 4 heteroatoms. The van der Waals surface area contributed by atoms with Crippen LogP contribution >= 0.6 is 0 Å². The minimum atomic E-state index is -0.620. The number of nitrogens with one attached hydrogen (secondary N) is 1. The van der Waals surface area contributed by atoms with Crippen LogP contribution in [0.25, 0.3) is 0 Å². The number of para-hydroxylation sites is 1. The second-order valence-electron chi connectivity index (χ2n) is 4.09. The van der Waals surface area contributed by atoms with E-state index in [4.69, 9.17) is 10.00 Å². The highest BCUT2D eigenvalue weighted by Gasteiger charge is 2.24. The van der Waals surface area contributed by atoms with E-state index in [0.717, 1.165) is 17.7 Å². The fraction of sp³-hybridized carbons (Fsp3) is 0.385. The van der Waals surface area contributed by atoms with Crippen molar-refractivity contribution in [1.82, 2.24) is 5.32 Å². The maximum atomic E-state index is 11.7. The summed E-state index contributed by atoms with van der Waals surface area (Å²) in [6.45, 7) is 2.18. The van der Waals surface area contributed by atoms with Crippen molar-refractivity contribution in [3.8, 4) is 11.8 Å². The monoisotopic (exact) mass is 230 g/mol. The van der Waals surface area contributed by atoms with Gasteiger partial charge in [-0.05, 0) is 13.0 Å². The fourth-order valence-electron chi connectivity index (χ4n) is 1.85. The van der Waals surface area contributed by atoms with E-state index in [1.54, 1.807) is 6.92 Å². The van der Waals surface area contributed by atoms with Gasteiger partial charge in [0.25, 0.3) is 0 Å². The number of hydrogen-bond donors (Lipinski definition) is 1. The van der Waals surface area contributed by atoms with E-state index >= 15 is 0 Å². The first-order chi connectivity index (χ1) is 8.22. The lowest BCUT2D eigenvalue weighted by molar-refractivity contribution is -0.123. The highest BCUT2D eigenvalue weighted by Crippen LogP contribution is 2.31. The summed E-state index contributed by atoms with van der Waals surface area (Å²) in [5, 5.41) is 11.6. The molecule has 4 nitrogen and oxygen atoms in total. The first-order valence-electron chi connectivity index (χ1n) is 5.64. The Balaban J connectivity index is 2.14. The molecule has 0 saturated heterocycles. The molecule has 1 aromatic rings. The molecule has 17 heavy (non-hydrogen) atoms. The Kier molecular flexibility index (Phi) is 3.29. The van der Waals surface area contributed by atoms with E-state index in [-0.39, 0.29) is 11.9 Å². The van der Waals surface area contributed by atoms with E-state index in [1.165, 1.54) is 0 Å². The van der Waals surface area contributed by atoms with Crippen LogP contribution in [0, 0.1) is 17.2 Å². The van der Waals surface area contributed by atoms with Gasteiger partial charge in [0, 0.05) is 12.0 Å². The number of amides is 1. The summed E-state index contributed by atoms with van der Waals surface area (Å²) in [4.78, 5) is 11.7. The molecule has 0 aromatic heterocycles. The van der Waals surface area contributed by atoms with Crippen LogP contribution in [-0.2, 0) is 4.79 Å². The Morgan fingerprint density at radius 3 is 3.12 bits per heavy atom. The molecule has 2 rings (SSSR count). The van der Waals surface area contributed by atoms with Gasteiger partial charge in [-0.3, -0.25) is 4.79 Å². The average molecular weight is 230 g/mol. The van der Waals surface area contributed by atoms with Gasteiger partial charge in [0.15, 0.2) is 0 Å². The predicted octanol–water partition coefficient (Wildman–Crippen LogP) is 1.79. The highest BCUT2D eigenvalue weighted by molar-refractivity contribution is 5.81. The van der Waals surface area contributed by atoms with Gasteiger partial charge in [-0.1, -0.05) is 18.2 Å². The lowest BCUT2D eigenvalue weighted by atomic mass is 10.00. The number of hydrogen-bond acceptors (Lipinski definition) is 3. The van der Waals surface area contributed by atoms with Gasteiger partial charge < -0.3 is 10.1 Å². The molecule has 0 aliphatic carbocycles. The first-order valence-corrected chi connectivity index (χ1v) is 5.64. The van der Waals surface area contributed by atoms with Gasteiger partial charge in [0.2, 0.25) is 5.91 Å². The number of nitrogens with zero attached hydrogens (tertiary/aromatic N) is 1. The predicted molar refractivity (Wildman–Crippen MR) is 62.2 cm³/mol. The Labute approximate surface area is 100 Å². The maximum Gasteiger partial charge on any atom is 0.237 e. The van der Waals surface area contributed by atoms with Crippen molar-refractivity contribution in [2.24, 2.45) is 5.92 Å². The molecular formula is C13H14N2O2. The summed E-state index contributed by atoms with van der Waals surface area (Å²) in [7, 11) is 0. The zero-order valence-corrected chi connectivity index (χ0v) is 9.64. The SMILES string of the molecule is CC(C#N)C(=O)NC1CCOc2ccccc21. The van der Waals surface area contributed by atoms with Gasteiger partial charge >= 0.3 is 0 Å². The largest absolute Gasteiger partial charge is 0.493 e. The third-order valence-electron chi connectivity index (χ3n) is 2.86. The highest BCUT2D eigenvalue weighted by atomic mass is 16.5. The molecule has 88 valence electrons. The smallest absolute Gasteiger partial charge is 0.237 e. The molecule has 1 aliphatic heterocycles. The summed E-state index contributed by atoms with van der Waals surface area (Å²) in [6.07, 6.45) is 0.737. The molecule has 0 saturated carbocycles. The summed E-state index contributed by atoms with van der Waals surface area (Å²) in [6, 6.07) is 9.53. The molecule has 1 N–H and O–H groups in total. The van der Waals surface area contributed by atoms with Crippen LogP contribution in [0.5, 0.6) is 5.75 Å². The third-order valence-corrected chi connectivity index (χ3v) is 2.86. The fourth-order valence-corrected chi connectivity index (χ4v) is 1.85. The number of nitriles is 1. The van der Waals surface area contributed by atoms with Crippen LogP contribution in [0.2, 0.25) is 0 Å². The summed E-state index contributed by atoms with van der Waals surface area (Å²) >= 11 is 0. The molecule has 2 atom stereocenters. The molecule has 1 aliphatic rings. The quantitative estimate of drug-likeness (QED) is 0.842. The molecule has 0 radical (unpaired) electrons. The van der Waals surface area contributed by atoms with E-state index in [0.29, 0.717) is 6.61 Å². The number of carbonyl (C=O) groups is 1. The van der Waals surface area contributed by atoms with Crippen LogP contribution in [0.4, 0.5) is 0 Å². The number of fused-ring (bicyclic) bond motifs is 1. The van der Waals surface area contributed by atoms with Gasteiger partial charge in [0.1, 0.15) is 11.7 Å². The van der Waals surface area contributed by atoms with Crippen molar-refractivity contribution < 1.29 is 9.53 Å². The van der Waals surface area contributed by atoms with Crippen LogP contribution < -0.4 is 10.1 Å². The lowest BCUT2D eigenvalue weighted by Crippen LogP contribution is -2.35. The average Bonchev–Trinajstić information content (AvgIpc) is 2.38. The Morgan fingerprint density at radius 2 is 2.35 bits per heavy atom. The Bertz CT molecular complexity index is 465. The second-order valence-corrected chi connectivity index (χ2v) is 4.09. The molecule has 1 amide bonds. The standard InChI is InChI=1S/C13H14N2O2/c1-9(8-14)13(16)15-11-6-7-17-12-5-3-2-4-10(11)12/h2-5,9,11H,6-7H2,1H3,(H,15,16). The topological polar surface area (TPSA) is 62.1 Å². The summed E-state index contributed by atoms with van der Waals surface area (Å²) in [5.74, 6) is -0.0344. The zero-order chi connectivity index (χ0) is 12.3. The van der Waals surface area contributed by atoms with Crippen molar-refractivity contribution >= 4 is 5.91 Å². The third kappa shape index (κ3) is 2.39. The number of rotatable bonds is 2. The van der Waals surface area contributed by atoms with Crippen LogP contribution in [0.15, 0.2) is 24.3 Å². The molecule has 1 heterocycles. The second kappa shape index (κ2) is 4.88. The van der Waals surface area contributed by atoms with E-state index in [1.807, 2.05) is 30.3 Å². The Morgan fingerprint density at radius 1 is 1.59 bits per heavy atom. The summed E-state index contributed by atoms with van der Waals surface area (Å²) in [5.41, 5.74) is 0.984. The summed E-state index contributed by atoms with van der Waals surface area (Å²) < 4.78 is 5.51. The van der Waals surface area contributed by atoms with Gasteiger partial charge in [-0.2, -0.15) is 5.26 Å². The van der Waals surface area contributed by atoms with E-state index < -0.39 is 5.92 Å². The maximum absolute atomic E-state index is 11.7. The Hall–Kier alpha value is -2.02. The normalized spacial score (nSPS) is 19.4. The first kappa shape index (κ1) is 11.5. The van der Waals surface area contributed by atoms with Crippen molar-refractivity contribution in [1.29, 1.82) is 5.26 Å². The van der Waals surface area contributed by atoms with Gasteiger partial charge in [-0.15, -0.1) is 0 Å². The van der Waals surface area contributed by atoms with Gasteiger partial charge in [-0.25, -0.2) is 0 Å². The number of carbonyl (C=O) groups excluding carboxylic acids is 1. The molecule has 0 fully saturated rings. The van der Waals surface area contributed by atoms with E-state index in [2.05, 4.69) is 5.32 Å². The molecule has 0 bridgehead atoms. The number of benzene rings is 1. The van der Waals surface area contributed by atoms with Crippen molar-refractivity contribution in [3.05, 3.63) is 29.8 Å². The lowest BCUT2D eigenvalue weighted by Gasteiger charge is -2.26. The van der Waals surface area contributed by atoms with Crippen LogP contribution in [0.1, 0.15) is 24.9 Å². The van der Waals surface area contributed by atoms with Crippen LogP contribution in [0.3, 0.4) is 0 Å². The minimum Gasteiger partial charge on any atom is -0.493 e. The van der Waals surface area contributed by atoms with Crippen molar-refractivity contribution in [3.63, 3.8) is 0 Å². The van der Waals surface area contributed by atoms with Crippen molar-refractivity contribution in [2.75, 3.05) is 6.61 Å². The number of ether oxygens (including phenoxy) is 1. The zero-order valence-electron chi connectivity index (χ0n) is 9.64. The minimum absolute atomic E-state index is 0.0525. The van der Waals surface area contributed by atoms with Crippen LogP contribution in [-0.4, -0.2) is 12.5 Å². The van der Waals surface area contributed by atoms with E-state index in [9.17, 15) is 4.79 Å². The molecular weight excluding hydrogens is 216 g/mol.